The highest BCUT2D eigenvalue weighted by Gasteiger charge is 2.48. The normalized spacial score (nSPS) is 24.2. The number of carbonyl (C=O) groups is 1. The van der Waals surface area contributed by atoms with Crippen LogP contribution >= 0.6 is 0 Å². The lowest BCUT2D eigenvalue weighted by atomic mass is 10.2. The number of nitrogens with zero attached hydrogens (tertiary/aromatic N) is 7. The molecule has 2 aliphatic heterocycles. The van der Waals surface area contributed by atoms with E-state index in [4.69, 9.17) is 0 Å². The average Bonchev–Trinajstić information content (AvgIpc) is 3.09. The monoisotopic (exact) mass is 349 g/mol. The molecule has 1 aliphatic carbocycles. The lowest BCUT2D eigenvalue weighted by Gasteiger charge is -2.35. The Kier molecular flexibility index (Phi) is 3.26. The second-order valence-corrected chi connectivity index (χ2v) is 7.41. The van der Waals surface area contributed by atoms with Crippen LogP contribution in [0.25, 0.3) is 11.4 Å². The van der Waals surface area contributed by atoms with Crippen LogP contribution in [0.2, 0.25) is 0 Å². The average molecular weight is 349 g/mol. The van der Waals surface area contributed by atoms with Gasteiger partial charge in [-0.1, -0.05) is 0 Å². The van der Waals surface area contributed by atoms with E-state index in [2.05, 4.69) is 26.0 Å². The van der Waals surface area contributed by atoms with Crippen LogP contribution in [0.4, 0.5) is 5.82 Å². The standard InChI is InChI=1S/C18H19N7O/c1-23-8-13(7-21-23)16-20-6-12(5-19)17(22-16)24-9-15-4-14(24)10-25(15)18(26)11-2-3-11/h6-8,11,14-15H,2-4,9-10H2,1H3/t14-,15-/m0/s1. The Morgan fingerprint density at radius 2 is 2.12 bits per heavy atom. The van der Waals surface area contributed by atoms with E-state index in [1.165, 1.54) is 0 Å². The Bertz CT molecular complexity index is 926. The van der Waals surface area contributed by atoms with Crippen molar-refractivity contribution < 1.29 is 4.79 Å². The fourth-order valence-corrected chi connectivity index (χ4v) is 4.11. The number of amides is 1. The third kappa shape index (κ3) is 2.35. The third-order valence-electron chi connectivity index (χ3n) is 5.57. The van der Waals surface area contributed by atoms with E-state index in [0.29, 0.717) is 23.1 Å². The number of anilines is 1. The summed E-state index contributed by atoms with van der Waals surface area (Å²) < 4.78 is 1.70. The lowest BCUT2D eigenvalue weighted by Crippen LogP contribution is -2.49. The van der Waals surface area contributed by atoms with Gasteiger partial charge in [-0.3, -0.25) is 9.48 Å². The molecule has 1 saturated carbocycles. The van der Waals surface area contributed by atoms with Gasteiger partial charge in [0.25, 0.3) is 0 Å². The number of likely N-dealkylation sites (tertiary alicyclic amines) is 1. The number of aromatic nitrogens is 4. The number of hydrogen-bond acceptors (Lipinski definition) is 6. The first-order valence-corrected chi connectivity index (χ1v) is 8.97. The molecule has 0 spiro atoms. The highest BCUT2D eigenvalue weighted by atomic mass is 16.2. The summed E-state index contributed by atoms with van der Waals surface area (Å²) in [7, 11) is 1.85. The summed E-state index contributed by atoms with van der Waals surface area (Å²) in [4.78, 5) is 25.7. The number of piperazine rings is 1. The van der Waals surface area contributed by atoms with Crippen LogP contribution in [-0.4, -0.2) is 55.7 Å². The van der Waals surface area contributed by atoms with Crippen LogP contribution in [-0.2, 0) is 11.8 Å². The van der Waals surface area contributed by atoms with Gasteiger partial charge in [-0.15, -0.1) is 0 Å². The summed E-state index contributed by atoms with van der Waals surface area (Å²) in [6.07, 6.45) is 8.19. The predicted molar refractivity (Wildman–Crippen MR) is 92.9 cm³/mol. The number of aryl methyl sites for hydroxylation is 1. The molecule has 8 heteroatoms. The Morgan fingerprint density at radius 1 is 1.27 bits per heavy atom. The zero-order chi connectivity index (χ0) is 17.8. The predicted octanol–water partition coefficient (Wildman–Crippen LogP) is 0.948. The Hall–Kier alpha value is -2.95. The Labute approximate surface area is 151 Å². The van der Waals surface area contributed by atoms with Crippen molar-refractivity contribution in [2.45, 2.75) is 31.3 Å². The van der Waals surface area contributed by atoms with Gasteiger partial charge < -0.3 is 9.80 Å². The quantitative estimate of drug-likeness (QED) is 0.819. The zero-order valence-corrected chi connectivity index (χ0v) is 14.5. The van der Waals surface area contributed by atoms with Gasteiger partial charge in [0.05, 0.1) is 30.0 Å². The van der Waals surface area contributed by atoms with Crippen molar-refractivity contribution in [2.75, 3.05) is 18.0 Å². The summed E-state index contributed by atoms with van der Waals surface area (Å²) in [6, 6.07) is 2.67. The topological polar surface area (TPSA) is 90.9 Å². The second kappa shape index (κ2) is 5.53. The first kappa shape index (κ1) is 15.3. The van der Waals surface area contributed by atoms with Gasteiger partial charge in [0.2, 0.25) is 5.91 Å². The van der Waals surface area contributed by atoms with Gasteiger partial charge in [0.1, 0.15) is 11.6 Å². The van der Waals surface area contributed by atoms with E-state index >= 15 is 0 Å². The van der Waals surface area contributed by atoms with Gasteiger partial charge in [-0.05, 0) is 19.3 Å². The molecule has 3 fully saturated rings. The van der Waals surface area contributed by atoms with Crippen molar-refractivity contribution in [3.05, 3.63) is 24.2 Å². The molecule has 2 saturated heterocycles. The molecule has 2 atom stereocenters. The van der Waals surface area contributed by atoms with Crippen LogP contribution < -0.4 is 4.90 Å². The molecule has 1 amide bonds. The van der Waals surface area contributed by atoms with E-state index in [1.807, 2.05) is 18.1 Å². The fraction of sp³-hybridized carbons (Fsp3) is 0.500. The van der Waals surface area contributed by atoms with E-state index in [0.717, 1.165) is 37.9 Å². The van der Waals surface area contributed by atoms with Gasteiger partial charge in [-0.2, -0.15) is 10.4 Å². The molecule has 0 aromatic carbocycles. The maximum absolute atomic E-state index is 12.4. The first-order chi connectivity index (χ1) is 12.6. The molecule has 4 heterocycles. The van der Waals surface area contributed by atoms with Gasteiger partial charge in [-0.25, -0.2) is 9.97 Å². The van der Waals surface area contributed by atoms with E-state index in [9.17, 15) is 10.1 Å². The van der Waals surface area contributed by atoms with Crippen LogP contribution in [0.15, 0.2) is 18.6 Å². The van der Waals surface area contributed by atoms with Gasteiger partial charge >= 0.3 is 0 Å². The van der Waals surface area contributed by atoms with Gasteiger partial charge in [0, 0.05) is 32.3 Å². The highest BCUT2D eigenvalue weighted by Crippen LogP contribution is 2.39. The van der Waals surface area contributed by atoms with Crippen molar-refractivity contribution in [3.63, 3.8) is 0 Å². The molecule has 2 aromatic rings. The number of fused-ring (bicyclic) bond motifs is 2. The summed E-state index contributed by atoms with van der Waals surface area (Å²) in [5, 5.41) is 13.7. The van der Waals surface area contributed by atoms with Crippen LogP contribution in [0.1, 0.15) is 24.8 Å². The maximum atomic E-state index is 12.4. The van der Waals surface area contributed by atoms with E-state index in [-0.39, 0.29) is 18.0 Å². The molecular formula is C18H19N7O. The largest absolute Gasteiger partial charge is 0.348 e. The number of rotatable bonds is 3. The minimum Gasteiger partial charge on any atom is -0.348 e. The maximum Gasteiger partial charge on any atom is 0.226 e. The van der Waals surface area contributed by atoms with Crippen molar-refractivity contribution in [1.29, 1.82) is 5.26 Å². The molecule has 0 N–H and O–H groups in total. The Morgan fingerprint density at radius 3 is 2.73 bits per heavy atom. The molecule has 0 unspecified atom stereocenters. The molecule has 26 heavy (non-hydrogen) atoms. The van der Waals surface area contributed by atoms with Crippen molar-refractivity contribution >= 4 is 11.7 Å². The SMILES string of the molecule is Cn1cc(-c2ncc(C#N)c(N3C[C@@H]4C[C@H]3CN4C(=O)C3CC3)n2)cn1. The van der Waals surface area contributed by atoms with Crippen molar-refractivity contribution in [2.24, 2.45) is 13.0 Å². The minimum absolute atomic E-state index is 0.228. The second-order valence-electron chi connectivity index (χ2n) is 7.41. The van der Waals surface area contributed by atoms with Crippen LogP contribution in [0.5, 0.6) is 0 Å². The molecular weight excluding hydrogens is 330 g/mol. The third-order valence-corrected chi connectivity index (χ3v) is 5.57. The molecule has 2 aromatic heterocycles. The minimum atomic E-state index is 0.228. The number of hydrogen-bond donors (Lipinski definition) is 0. The smallest absolute Gasteiger partial charge is 0.226 e. The lowest BCUT2D eigenvalue weighted by molar-refractivity contribution is -0.133. The van der Waals surface area contributed by atoms with Crippen LogP contribution in [0.3, 0.4) is 0 Å². The van der Waals surface area contributed by atoms with E-state index < -0.39 is 0 Å². The first-order valence-electron chi connectivity index (χ1n) is 8.97. The molecule has 0 radical (unpaired) electrons. The van der Waals surface area contributed by atoms with Gasteiger partial charge in [0.15, 0.2) is 11.6 Å². The van der Waals surface area contributed by atoms with Crippen molar-refractivity contribution in [1.82, 2.24) is 24.6 Å². The molecule has 132 valence electrons. The van der Waals surface area contributed by atoms with Crippen molar-refractivity contribution in [3.8, 4) is 17.5 Å². The molecule has 2 bridgehead atoms. The summed E-state index contributed by atoms with van der Waals surface area (Å²) in [5.41, 5.74) is 1.30. The molecule has 3 aliphatic rings. The van der Waals surface area contributed by atoms with E-state index in [1.54, 1.807) is 17.1 Å². The zero-order valence-electron chi connectivity index (χ0n) is 14.5. The summed E-state index contributed by atoms with van der Waals surface area (Å²) in [5.74, 6) is 1.82. The molecule has 5 rings (SSSR count). The van der Waals surface area contributed by atoms with Crippen LogP contribution in [0, 0.1) is 17.2 Å². The summed E-state index contributed by atoms with van der Waals surface area (Å²) in [6.45, 7) is 1.47. The molecule has 8 nitrogen and oxygen atoms in total. The number of nitriles is 1. The number of carbonyl (C=O) groups excluding carboxylic acids is 1. The highest BCUT2D eigenvalue weighted by molar-refractivity contribution is 5.82. The fourth-order valence-electron chi connectivity index (χ4n) is 4.11. The Balaban J connectivity index is 1.44. The summed E-state index contributed by atoms with van der Waals surface area (Å²) >= 11 is 0.